The van der Waals surface area contributed by atoms with E-state index in [4.69, 9.17) is 21.8 Å². The summed E-state index contributed by atoms with van der Waals surface area (Å²) in [6.07, 6.45) is 3.06. The summed E-state index contributed by atoms with van der Waals surface area (Å²) in [4.78, 5) is 22.4. The number of aromatic amines is 1. The van der Waals surface area contributed by atoms with E-state index >= 15 is 0 Å². The molecule has 0 fully saturated rings. The molecule has 102 valence electrons. The van der Waals surface area contributed by atoms with Crippen LogP contribution in [-0.2, 0) is 6.54 Å². The summed E-state index contributed by atoms with van der Waals surface area (Å²) in [6.45, 7) is 0.402. The van der Waals surface area contributed by atoms with Gasteiger partial charge in [0.25, 0.3) is 5.91 Å². The molecule has 8 heteroatoms. The van der Waals surface area contributed by atoms with Gasteiger partial charge in [0, 0.05) is 6.20 Å². The van der Waals surface area contributed by atoms with Crippen LogP contribution in [0, 0.1) is 0 Å². The lowest BCUT2D eigenvalue weighted by atomic mass is 10.2. The molecule has 0 atom stereocenters. The number of nitrogens with zero attached hydrogens (tertiary/aromatic N) is 2. The van der Waals surface area contributed by atoms with E-state index in [9.17, 15) is 4.79 Å². The second-order valence-corrected chi connectivity index (χ2v) is 4.40. The van der Waals surface area contributed by atoms with E-state index in [1.54, 1.807) is 12.3 Å². The molecule has 1 amide bonds. The number of carbonyl (C=O) groups excluding carboxylic acids is 1. The molecule has 0 saturated carbocycles. The third-order valence-electron chi connectivity index (χ3n) is 2.78. The van der Waals surface area contributed by atoms with Crippen LogP contribution in [0.1, 0.15) is 16.1 Å². The van der Waals surface area contributed by atoms with Gasteiger partial charge in [0.2, 0.25) is 5.28 Å². The minimum atomic E-state index is -0.566. The van der Waals surface area contributed by atoms with Crippen LogP contribution < -0.4 is 11.1 Å². The number of hydrogen-bond acceptors (Lipinski definition) is 5. The monoisotopic (exact) mass is 291 g/mol. The van der Waals surface area contributed by atoms with Crippen molar-refractivity contribution in [1.82, 2.24) is 15.0 Å². The van der Waals surface area contributed by atoms with Crippen molar-refractivity contribution in [2.24, 2.45) is 5.73 Å². The van der Waals surface area contributed by atoms with Crippen molar-refractivity contribution in [2.45, 2.75) is 6.54 Å². The number of primary amides is 1. The Hall–Kier alpha value is -2.54. The Balaban J connectivity index is 2.03. The van der Waals surface area contributed by atoms with E-state index in [0.29, 0.717) is 29.0 Å². The van der Waals surface area contributed by atoms with Gasteiger partial charge < -0.3 is 20.5 Å². The fourth-order valence-electron chi connectivity index (χ4n) is 1.91. The van der Waals surface area contributed by atoms with Crippen LogP contribution in [0.15, 0.2) is 29.0 Å². The number of nitrogens with one attached hydrogen (secondary N) is 2. The number of carbonyl (C=O) groups is 1. The first kappa shape index (κ1) is 12.5. The molecule has 0 unspecified atom stereocenters. The lowest BCUT2D eigenvalue weighted by Gasteiger charge is -2.06. The van der Waals surface area contributed by atoms with Crippen LogP contribution in [0.2, 0.25) is 5.28 Å². The lowest BCUT2D eigenvalue weighted by molar-refractivity contribution is 0.100. The summed E-state index contributed by atoms with van der Waals surface area (Å²) in [5, 5.41) is 3.63. The molecule has 3 heterocycles. The number of furan rings is 1. The number of aromatic nitrogens is 3. The molecule has 0 aliphatic carbocycles. The lowest BCUT2D eigenvalue weighted by Crippen LogP contribution is -2.11. The standard InChI is InChI=1S/C12H10ClN5O2/c13-12-17-10(15-4-6-2-1-3-20-6)8-7(9(14)19)5-16-11(8)18-12/h1-3,5H,4H2,(H2,14,19)(H2,15,16,17,18). The summed E-state index contributed by atoms with van der Waals surface area (Å²) in [7, 11) is 0. The summed E-state index contributed by atoms with van der Waals surface area (Å²) in [6, 6.07) is 3.60. The molecule has 20 heavy (non-hydrogen) atoms. The van der Waals surface area contributed by atoms with Crippen LogP contribution in [0.25, 0.3) is 11.0 Å². The predicted molar refractivity (Wildman–Crippen MR) is 73.5 cm³/mol. The summed E-state index contributed by atoms with van der Waals surface area (Å²) < 4.78 is 5.22. The van der Waals surface area contributed by atoms with E-state index < -0.39 is 5.91 Å². The minimum Gasteiger partial charge on any atom is -0.467 e. The number of rotatable bonds is 4. The highest BCUT2D eigenvalue weighted by molar-refractivity contribution is 6.29. The number of fused-ring (bicyclic) bond motifs is 1. The number of nitrogens with two attached hydrogens (primary N) is 1. The molecule has 0 spiro atoms. The van der Waals surface area contributed by atoms with Crippen molar-refractivity contribution in [2.75, 3.05) is 5.32 Å². The van der Waals surface area contributed by atoms with E-state index in [2.05, 4.69) is 20.3 Å². The first-order valence-corrected chi connectivity index (χ1v) is 6.13. The second-order valence-electron chi connectivity index (χ2n) is 4.06. The Labute approximate surface area is 118 Å². The van der Waals surface area contributed by atoms with Gasteiger partial charge in [-0.15, -0.1) is 0 Å². The Kier molecular flexibility index (Phi) is 3.03. The first-order chi connectivity index (χ1) is 9.65. The van der Waals surface area contributed by atoms with Crippen molar-refractivity contribution in [3.63, 3.8) is 0 Å². The highest BCUT2D eigenvalue weighted by atomic mass is 35.5. The summed E-state index contributed by atoms with van der Waals surface area (Å²) in [5.41, 5.74) is 6.08. The molecule has 3 aromatic heterocycles. The molecule has 3 aromatic rings. The molecule has 0 aromatic carbocycles. The predicted octanol–water partition coefficient (Wildman–Crippen LogP) is 1.92. The highest BCUT2D eigenvalue weighted by Crippen LogP contribution is 2.25. The van der Waals surface area contributed by atoms with Crippen LogP contribution in [0.4, 0.5) is 5.82 Å². The Morgan fingerprint density at radius 2 is 2.35 bits per heavy atom. The Morgan fingerprint density at radius 3 is 3.05 bits per heavy atom. The third kappa shape index (κ3) is 2.19. The van der Waals surface area contributed by atoms with Gasteiger partial charge in [-0.05, 0) is 23.7 Å². The molecule has 3 rings (SSSR count). The molecule has 0 aliphatic heterocycles. The maximum Gasteiger partial charge on any atom is 0.251 e. The fraction of sp³-hybridized carbons (Fsp3) is 0.0833. The first-order valence-electron chi connectivity index (χ1n) is 5.76. The van der Waals surface area contributed by atoms with Gasteiger partial charge in [-0.25, -0.2) is 4.98 Å². The van der Waals surface area contributed by atoms with Gasteiger partial charge in [-0.3, -0.25) is 4.79 Å². The number of halogens is 1. The van der Waals surface area contributed by atoms with Crippen LogP contribution in [0.3, 0.4) is 0 Å². The van der Waals surface area contributed by atoms with Crippen LogP contribution in [-0.4, -0.2) is 20.9 Å². The third-order valence-corrected chi connectivity index (χ3v) is 2.95. The maximum atomic E-state index is 11.4. The van der Waals surface area contributed by atoms with Crippen LogP contribution in [0.5, 0.6) is 0 Å². The minimum absolute atomic E-state index is 0.0670. The van der Waals surface area contributed by atoms with E-state index in [1.807, 2.05) is 6.07 Å². The Bertz CT molecular complexity index is 766. The zero-order valence-electron chi connectivity index (χ0n) is 10.2. The zero-order chi connectivity index (χ0) is 14.1. The molecule has 0 bridgehead atoms. The molecule has 0 radical (unpaired) electrons. The van der Waals surface area contributed by atoms with Gasteiger partial charge in [0.05, 0.1) is 23.8 Å². The Morgan fingerprint density at radius 1 is 1.50 bits per heavy atom. The number of hydrogen-bond donors (Lipinski definition) is 3. The van der Waals surface area contributed by atoms with Gasteiger partial charge in [-0.1, -0.05) is 0 Å². The van der Waals surface area contributed by atoms with Gasteiger partial charge >= 0.3 is 0 Å². The van der Waals surface area contributed by atoms with Gasteiger partial charge in [0.1, 0.15) is 17.2 Å². The molecular weight excluding hydrogens is 282 g/mol. The van der Waals surface area contributed by atoms with Crippen molar-refractivity contribution < 1.29 is 9.21 Å². The second kappa shape index (κ2) is 4.86. The SMILES string of the molecule is NC(=O)c1c[nH]c2nc(Cl)nc(NCc3ccco3)c12. The maximum absolute atomic E-state index is 11.4. The normalized spacial score (nSPS) is 10.8. The smallest absolute Gasteiger partial charge is 0.251 e. The largest absolute Gasteiger partial charge is 0.467 e. The number of anilines is 1. The van der Waals surface area contributed by atoms with E-state index in [0.717, 1.165) is 5.76 Å². The molecular formula is C12H10ClN5O2. The highest BCUT2D eigenvalue weighted by Gasteiger charge is 2.16. The zero-order valence-corrected chi connectivity index (χ0v) is 10.9. The molecule has 0 aliphatic rings. The van der Waals surface area contributed by atoms with Crippen molar-refractivity contribution in [3.8, 4) is 0 Å². The molecule has 7 nitrogen and oxygen atoms in total. The molecule has 0 saturated heterocycles. The number of H-pyrrole nitrogens is 1. The molecule has 4 N–H and O–H groups in total. The van der Waals surface area contributed by atoms with Crippen molar-refractivity contribution in [1.29, 1.82) is 0 Å². The average Bonchev–Trinajstić information content (AvgIpc) is 3.04. The number of amides is 1. The topological polar surface area (TPSA) is 110 Å². The van der Waals surface area contributed by atoms with Crippen molar-refractivity contribution >= 4 is 34.4 Å². The summed E-state index contributed by atoms with van der Waals surface area (Å²) >= 11 is 5.85. The van der Waals surface area contributed by atoms with Gasteiger partial charge in [-0.2, -0.15) is 4.98 Å². The van der Waals surface area contributed by atoms with Crippen LogP contribution >= 0.6 is 11.6 Å². The van der Waals surface area contributed by atoms with Crippen molar-refractivity contribution in [3.05, 3.63) is 41.2 Å². The van der Waals surface area contributed by atoms with Gasteiger partial charge in [0.15, 0.2) is 0 Å². The fourth-order valence-corrected chi connectivity index (χ4v) is 2.08. The quantitative estimate of drug-likeness (QED) is 0.636. The van der Waals surface area contributed by atoms with E-state index in [1.165, 1.54) is 6.20 Å². The summed E-state index contributed by atoms with van der Waals surface area (Å²) in [5.74, 6) is 0.582. The van der Waals surface area contributed by atoms with E-state index in [-0.39, 0.29) is 5.28 Å². The average molecular weight is 292 g/mol.